The van der Waals surface area contributed by atoms with Gasteiger partial charge >= 0.3 is 0 Å². The molecule has 0 aliphatic carbocycles. The van der Waals surface area contributed by atoms with Crippen LogP contribution >= 0.6 is 0 Å². The van der Waals surface area contributed by atoms with Gasteiger partial charge in [0.25, 0.3) is 11.8 Å². The van der Waals surface area contributed by atoms with Gasteiger partial charge in [0, 0.05) is 12.7 Å². The lowest BCUT2D eigenvalue weighted by Crippen LogP contribution is -2.26. The predicted octanol–water partition coefficient (Wildman–Crippen LogP) is 3.51. The average Bonchev–Trinajstić information content (AvgIpc) is 3.07. The SMILES string of the molecule is CCCNC(=O)c1nc(C(=O)Nc2ccccc2OC(C)C)c2ccccn12. The van der Waals surface area contributed by atoms with Crippen molar-refractivity contribution in [1.29, 1.82) is 0 Å². The lowest BCUT2D eigenvalue weighted by atomic mass is 10.2. The van der Waals surface area contributed by atoms with Gasteiger partial charge < -0.3 is 15.4 Å². The van der Waals surface area contributed by atoms with Crippen molar-refractivity contribution in [2.24, 2.45) is 0 Å². The van der Waals surface area contributed by atoms with Gasteiger partial charge in [-0.1, -0.05) is 25.1 Å². The van der Waals surface area contributed by atoms with Crippen LogP contribution in [0.15, 0.2) is 48.7 Å². The van der Waals surface area contributed by atoms with E-state index >= 15 is 0 Å². The van der Waals surface area contributed by atoms with Gasteiger partial charge in [-0.05, 0) is 44.5 Å². The molecule has 0 saturated carbocycles. The molecule has 146 valence electrons. The number of carbonyl (C=O) groups excluding carboxylic acids is 2. The maximum atomic E-state index is 12.9. The number of carbonyl (C=O) groups is 2. The van der Waals surface area contributed by atoms with Crippen LogP contribution in [0, 0.1) is 0 Å². The Morgan fingerprint density at radius 2 is 1.86 bits per heavy atom. The molecule has 2 amide bonds. The molecule has 3 rings (SSSR count). The van der Waals surface area contributed by atoms with Crippen LogP contribution in [0.25, 0.3) is 5.52 Å². The van der Waals surface area contributed by atoms with Crippen LogP contribution in [-0.4, -0.2) is 33.8 Å². The second-order valence-corrected chi connectivity index (χ2v) is 6.61. The lowest BCUT2D eigenvalue weighted by Gasteiger charge is -2.14. The number of ether oxygens (including phenoxy) is 1. The van der Waals surface area contributed by atoms with Gasteiger partial charge in [-0.15, -0.1) is 0 Å². The fourth-order valence-electron chi connectivity index (χ4n) is 2.79. The Hall–Kier alpha value is -3.35. The van der Waals surface area contributed by atoms with Crippen molar-refractivity contribution in [1.82, 2.24) is 14.7 Å². The number of amides is 2. The number of nitrogens with zero attached hydrogens (tertiary/aromatic N) is 2. The first-order chi connectivity index (χ1) is 13.5. The minimum atomic E-state index is -0.405. The van der Waals surface area contributed by atoms with Crippen LogP contribution in [0.2, 0.25) is 0 Å². The molecule has 0 spiro atoms. The molecule has 1 aromatic carbocycles. The Labute approximate surface area is 163 Å². The van der Waals surface area contributed by atoms with Crippen molar-refractivity contribution < 1.29 is 14.3 Å². The summed E-state index contributed by atoms with van der Waals surface area (Å²) >= 11 is 0. The predicted molar refractivity (Wildman–Crippen MR) is 108 cm³/mol. The van der Waals surface area contributed by atoms with E-state index in [1.807, 2.05) is 32.9 Å². The minimum absolute atomic E-state index is 0.0275. The van der Waals surface area contributed by atoms with Gasteiger partial charge in [0.2, 0.25) is 5.82 Å². The van der Waals surface area contributed by atoms with Crippen molar-refractivity contribution >= 4 is 23.0 Å². The fourth-order valence-corrected chi connectivity index (χ4v) is 2.79. The number of hydrogen-bond donors (Lipinski definition) is 2. The maximum absolute atomic E-state index is 12.9. The zero-order valence-corrected chi connectivity index (χ0v) is 16.2. The number of hydrogen-bond acceptors (Lipinski definition) is 4. The second kappa shape index (κ2) is 8.56. The summed E-state index contributed by atoms with van der Waals surface area (Å²) in [5.41, 5.74) is 1.29. The molecule has 0 aliphatic rings. The Bertz CT molecular complexity index is 994. The quantitative estimate of drug-likeness (QED) is 0.657. The third kappa shape index (κ3) is 4.14. The number of anilines is 1. The molecule has 2 N–H and O–H groups in total. The highest BCUT2D eigenvalue weighted by Gasteiger charge is 2.22. The van der Waals surface area contributed by atoms with E-state index in [9.17, 15) is 9.59 Å². The van der Waals surface area contributed by atoms with Gasteiger partial charge in [0.1, 0.15) is 5.75 Å². The van der Waals surface area contributed by atoms with E-state index in [1.54, 1.807) is 40.9 Å². The van der Waals surface area contributed by atoms with E-state index in [0.717, 1.165) is 6.42 Å². The van der Waals surface area contributed by atoms with Crippen molar-refractivity contribution in [2.75, 3.05) is 11.9 Å². The standard InChI is InChI=1S/C21H24N4O3/c1-4-12-22-21(27)19-24-18(16-10-7-8-13-25(16)19)20(26)23-15-9-5-6-11-17(15)28-14(2)3/h5-11,13-14H,4,12H2,1-3H3,(H,22,27)(H,23,26). The van der Waals surface area contributed by atoms with E-state index in [2.05, 4.69) is 15.6 Å². The number of para-hydroxylation sites is 2. The fraction of sp³-hybridized carbons (Fsp3) is 0.286. The Kier molecular flexibility index (Phi) is 5.93. The smallest absolute Gasteiger partial charge is 0.287 e. The van der Waals surface area contributed by atoms with Crippen LogP contribution < -0.4 is 15.4 Å². The Balaban J connectivity index is 1.94. The molecule has 2 aromatic heterocycles. The van der Waals surface area contributed by atoms with Gasteiger partial charge in [0.05, 0.1) is 17.3 Å². The summed E-state index contributed by atoms with van der Waals surface area (Å²) in [7, 11) is 0. The molecular weight excluding hydrogens is 356 g/mol. The summed E-state index contributed by atoms with van der Waals surface area (Å²) in [6.45, 7) is 6.35. The molecule has 0 unspecified atom stereocenters. The third-order valence-electron chi connectivity index (χ3n) is 4.00. The molecule has 0 saturated heterocycles. The number of fused-ring (bicyclic) bond motifs is 1. The Morgan fingerprint density at radius 1 is 1.11 bits per heavy atom. The molecule has 0 atom stereocenters. The van der Waals surface area contributed by atoms with Crippen LogP contribution in [0.1, 0.15) is 48.3 Å². The van der Waals surface area contributed by atoms with Gasteiger partial charge in [-0.25, -0.2) is 4.98 Å². The van der Waals surface area contributed by atoms with E-state index < -0.39 is 5.91 Å². The molecule has 7 heteroatoms. The monoisotopic (exact) mass is 380 g/mol. The topological polar surface area (TPSA) is 84.7 Å². The highest BCUT2D eigenvalue weighted by Crippen LogP contribution is 2.26. The first kappa shape index (κ1) is 19.4. The first-order valence-electron chi connectivity index (χ1n) is 9.33. The molecule has 7 nitrogen and oxygen atoms in total. The zero-order chi connectivity index (χ0) is 20.1. The zero-order valence-electron chi connectivity index (χ0n) is 16.2. The summed E-state index contributed by atoms with van der Waals surface area (Å²) in [5.74, 6) is 0.0416. The molecule has 2 heterocycles. The van der Waals surface area contributed by atoms with E-state index in [0.29, 0.717) is 23.5 Å². The first-order valence-corrected chi connectivity index (χ1v) is 9.33. The average molecular weight is 380 g/mol. The molecule has 28 heavy (non-hydrogen) atoms. The minimum Gasteiger partial charge on any atom is -0.489 e. The largest absolute Gasteiger partial charge is 0.489 e. The summed E-state index contributed by atoms with van der Waals surface area (Å²) in [6.07, 6.45) is 2.51. The van der Waals surface area contributed by atoms with E-state index in [4.69, 9.17) is 4.74 Å². The van der Waals surface area contributed by atoms with Gasteiger partial charge in [-0.2, -0.15) is 0 Å². The van der Waals surface area contributed by atoms with Crippen molar-refractivity contribution in [3.05, 3.63) is 60.2 Å². The molecule has 0 fully saturated rings. The number of pyridine rings is 1. The van der Waals surface area contributed by atoms with Crippen LogP contribution in [-0.2, 0) is 0 Å². The van der Waals surface area contributed by atoms with Gasteiger partial charge in [-0.3, -0.25) is 14.0 Å². The number of aromatic nitrogens is 2. The Morgan fingerprint density at radius 3 is 2.61 bits per heavy atom. The summed E-state index contributed by atoms with van der Waals surface area (Å²) < 4.78 is 7.37. The highest BCUT2D eigenvalue weighted by atomic mass is 16.5. The summed E-state index contributed by atoms with van der Waals surface area (Å²) in [5, 5.41) is 5.65. The lowest BCUT2D eigenvalue weighted by molar-refractivity contribution is 0.0942. The molecule has 3 aromatic rings. The number of nitrogens with one attached hydrogen (secondary N) is 2. The number of benzene rings is 1. The van der Waals surface area contributed by atoms with Crippen molar-refractivity contribution in [3.8, 4) is 5.75 Å². The maximum Gasteiger partial charge on any atom is 0.287 e. The van der Waals surface area contributed by atoms with Gasteiger partial charge in [0.15, 0.2) is 5.69 Å². The molecule has 0 radical (unpaired) electrons. The second-order valence-electron chi connectivity index (χ2n) is 6.61. The molecular formula is C21H24N4O3. The third-order valence-corrected chi connectivity index (χ3v) is 4.00. The molecule has 0 aliphatic heterocycles. The number of rotatable bonds is 7. The van der Waals surface area contributed by atoms with Crippen LogP contribution in [0.3, 0.4) is 0 Å². The van der Waals surface area contributed by atoms with E-state index in [-0.39, 0.29) is 23.5 Å². The highest BCUT2D eigenvalue weighted by molar-refractivity contribution is 6.09. The normalized spacial score (nSPS) is 10.9. The summed E-state index contributed by atoms with van der Waals surface area (Å²) in [4.78, 5) is 29.7. The van der Waals surface area contributed by atoms with Crippen LogP contribution in [0.5, 0.6) is 5.75 Å². The number of imidazole rings is 1. The summed E-state index contributed by atoms with van der Waals surface area (Å²) in [6, 6.07) is 12.6. The van der Waals surface area contributed by atoms with Crippen molar-refractivity contribution in [3.63, 3.8) is 0 Å². The molecule has 0 bridgehead atoms. The van der Waals surface area contributed by atoms with Crippen LogP contribution in [0.4, 0.5) is 5.69 Å². The van der Waals surface area contributed by atoms with E-state index in [1.165, 1.54) is 0 Å². The van der Waals surface area contributed by atoms with Crippen molar-refractivity contribution in [2.45, 2.75) is 33.3 Å².